The van der Waals surface area contributed by atoms with Gasteiger partial charge in [0.05, 0.1) is 21.0 Å². The Morgan fingerprint density at radius 1 is 1.22 bits per heavy atom. The molecule has 0 saturated heterocycles. The molecule has 0 amide bonds. The van der Waals surface area contributed by atoms with E-state index in [2.05, 4.69) is 4.98 Å². The van der Waals surface area contributed by atoms with Crippen molar-refractivity contribution < 1.29 is 23.1 Å². The van der Waals surface area contributed by atoms with Crippen LogP contribution in [0, 0.1) is 0 Å². The zero-order valence-electron chi connectivity index (χ0n) is 17.9. The minimum Gasteiger partial charge on any atom is -0.482 e. The first-order valence-corrected chi connectivity index (χ1v) is 11.7. The van der Waals surface area contributed by atoms with E-state index >= 15 is 0 Å². The predicted molar refractivity (Wildman–Crippen MR) is 124 cm³/mol. The van der Waals surface area contributed by atoms with Gasteiger partial charge in [0.2, 0.25) is 10.0 Å². The number of sulfonamides is 1. The minimum absolute atomic E-state index is 0.166. The van der Waals surface area contributed by atoms with Crippen LogP contribution in [0.25, 0.3) is 22.1 Å². The summed E-state index contributed by atoms with van der Waals surface area (Å²) < 4.78 is 33.2. The molecule has 3 rings (SSSR count). The highest BCUT2D eigenvalue weighted by Gasteiger charge is 2.20. The van der Waals surface area contributed by atoms with Crippen LogP contribution in [0.1, 0.15) is 24.7 Å². The molecule has 0 aliphatic rings. The molecule has 1 aromatic heterocycles. The largest absolute Gasteiger partial charge is 0.482 e. The van der Waals surface area contributed by atoms with Gasteiger partial charge in [-0.2, -0.15) is 0 Å². The van der Waals surface area contributed by atoms with Gasteiger partial charge in [-0.25, -0.2) is 22.5 Å². The van der Waals surface area contributed by atoms with E-state index in [0.717, 1.165) is 21.8 Å². The summed E-state index contributed by atoms with van der Waals surface area (Å²) in [4.78, 5) is 15.4. The Bertz CT molecular complexity index is 1260. The number of imidazole rings is 1. The quantitative estimate of drug-likeness (QED) is 0.501. The van der Waals surface area contributed by atoms with E-state index in [-0.39, 0.29) is 4.90 Å². The average Bonchev–Trinajstić information content (AvgIpc) is 3.11. The molecule has 32 heavy (non-hydrogen) atoms. The minimum atomic E-state index is -3.58. The van der Waals surface area contributed by atoms with Crippen LogP contribution in [0.2, 0.25) is 0 Å². The first-order valence-electron chi connectivity index (χ1n) is 9.88. The van der Waals surface area contributed by atoms with Crippen LogP contribution in [0.4, 0.5) is 0 Å². The Labute approximate surface area is 191 Å². The van der Waals surface area contributed by atoms with Crippen LogP contribution in [-0.4, -0.2) is 54.1 Å². The lowest BCUT2D eigenvalue weighted by molar-refractivity contribution is -0.139. The molecule has 8 nitrogen and oxygen atoms in total. The number of halogens is 1. The lowest BCUT2D eigenvalue weighted by atomic mass is 10.2. The molecule has 2 aromatic carbocycles. The number of rotatable bonds is 9. The molecule has 1 heterocycles. The lowest BCUT2D eigenvalue weighted by Gasteiger charge is -2.11. The average molecular weight is 478 g/mol. The van der Waals surface area contributed by atoms with Gasteiger partial charge in [0.1, 0.15) is 5.75 Å². The third kappa shape index (κ3) is 5.12. The molecule has 1 N–H and O–H groups in total. The van der Waals surface area contributed by atoms with Crippen molar-refractivity contribution in [1.82, 2.24) is 13.9 Å². The van der Waals surface area contributed by atoms with Crippen molar-refractivity contribution in [3.8, 4) is 5.75 Å². The Balaban J connectivity index is 1.99. The number of carboxylic acid groups (broad SMARTS) is 1. The van der Waals surface area contributed by atoms with E-state index in [9.17, 15) is 13.2 Å². The Kier molecular flexibility index (Phi) is 7.22. The smallest absolute Gasteiger partial charge is 0.341 e. The normalized spacial score (nSPS) is 12.5. The highest BCUT2D eigenvalue weighted by Crippen LogP contribution is 2.29. The number of hydrogen-bond acceptors (Lipinski definition) is 5. The summed E-state index contributed by atoms with van der Waals surface area (Å²) in [6.07, 6.45) is 2.59. The van der Waals surface area contributed by atoms with E-state index in [1.165, 1.54) is 14.1 Å². The molecule has 10 heteroatoms. The third-order valence-corrected chi connectivity index (χ3v) is 6.78. The summed E-state index contributed by atoms with van der Waals surface area (Å²) in [6.45, 7) is 2.29. The molecule has 0 aliphatic heterocycles. The van der Waals surface area contributed by atoms with E-state index in [1.807, 2.05) is 11.5 Å². The monoisotopic (exact) mass is 477 g/mol. The second kappa shape index (κ2) is 9.72. The number of aliphatic carboxylic acids is 1. The predicted octanol–water partition coefficient (Wildman–Crippen LogP) is 3.90. The fourth-order valence-corrected chi connectivity index (χ4v) is 4.32. The van der Waals surface area contributed by atoms with E-state index in [1.54, 1.807) is 48.5 Å². The highest BCUT2D eigenvalue weighted by atomic mass is 35.5. The number of carbonyl (C=O) groups is 1. The van der Waals surface area contributed by atoms with Gasteiger partial charge in [0, 0.05) is 20.6 Å². The number of fused-ring (bicyclic) bond motifs is 1. The topological polar surface area (TPSA) is 102 Å². The van der Waals surface area contributed by atoms with Crippen LogP contribution in [-0.2, 0) is 21.4 Å². The van der Waals surface area contributed by atoms with Crippen LogP contribution < -0.4 is 4.74 Å². The Morgan fingerprint density at radius 2 is 1.91 bits per heavy atom. The number of benzene rings is 2. The van der Waals surface area contributed by atoms with Gasteiger partial charge in [0.15, 0.2) is 12.4 Å². The number of carboxylic acids is 1. The molecule has 170 valence electrons. The van der Waals surface area contributed by atoms with Gasteiger partial charge >= 0.3 is 5.97 Å². The van der Waals surface area contributed by atoms with Crippen molar-refractivity contribution in [3.05, 3.63) is 53.9 Å². The molecular formula is C22H24ClN3O5S. The second-order valence-corrected chi connectivity index (χ2v) is 9.83. The molecule has 0 bridgehead atoms. The van der Waals surface area contributed by atoms with Crippen LogP contribution >= 0.6 is 11.6 Å². The van der Waals surface area contributed by atoms with Crippen molar-refractivity contribution in [2.45, 2.75) is 24.8 Å². The first kappa shape index (κ1) is 23.8. The maximum atomic E-state index is 12.5. The second-order valence-electron chi connectivity index (χ2n) is 7.27. The fourth-order valence-electron chi connectivity index (χ4n) is 3.13. The molecule has 0 radical (unpaired) electrons. The first-order chi connectivity index (χ1) is 15.1. The molecule has 3 aromatic rings. The van der Waals surface area contributed by atoms with Crippen molar-refractivity contribution in [3.63, 3.8) is 0 Å². The maximum Gasteiger partial charge on any atom is 0.341 e. The maximum absolute atomic E-state index is 12.5. The third-order valence-electron chi connectivity index (χ3n) is 4.69. The van der Waals surface area contributed by atoms with E-state index in [4.69, 9.17) is 21.4 Å². The van der Waals surface area contributed by atoms with E-state index in [0.29, 0.717) is 28.7 Å². The van der Waals surface area contributed by atoms with Gasteiger partial charge in [0.25, 0.3) is 0 Å². The number of hydrogen-bond donors (Lipinski definition) is 1. The summed E-state index contributed by atoms with van der Waals surface area (Å²) >= 11 is 6.62. The zero-order valence-corrected chi connectivity index (χ0v) is 19.5. The molecular weight excluding hydrogens is 454 g/mol. The van der Waals surface area contributed by atoms with Crippen molar-refractivity contribution >= 4 is 49.7 Å². The van der Waals surface area contributed by atoms with Gasteiger partial charge < -0.3 is 14.4 Å². The Hall–Kier alpha value is -2.88. The SMILES string of the molecule is CCCn1c(C(Cl)=Cc2ccc(OCC(=O)O)cc2)nc2cc(S(=O)(=O)N(C)C)ccc21. The summed E-state index contributed by atoms with van der Waals surface area (Å²) in [7, 11) is -0.611. The number of aromatic nitrogens is 2. The molecule has 0 spiro atoms. The Morgan fingerprint density at radius 3 is 2.50 bits per heavy atom. The summed E-state index contributed by atoms with van der Waals surface area (Å²) in [5.41, 5.74) is 2.12. The van der Waals surface area contributed by atoms with E-state index < -0.39 is 22.6 Å². The van der Waals surface area contributed by atoms with Gasteiger partial charge in [-0.15, -0.1) is 0 Å². The zero-order chi connectivity index (χ0) is 23.5. The number of ether oxygens (including phenoxy) is 1. The lowest BCUT2D eigenvalue weighted by Crippen LogP contribution is -2.22. The van der Waals surface area contributed by atoms with Crippen LogP contribution in [0.5, 0.6) is 5.75 Å². The highest BCUT2D eigenvalue weighted by molar-refractivity contribution is 7.89. The van der Waals surface area contributed by atoms with Crippen LogP contribution in [0.15, 0.2) is 47.4 Å². The molecule has 0 atom stereocenters. The number of aryl methyl sites for hydroxylation is 1. The standard InChI is InChI=1S/C22H24ClN3O5S/c1-4-11-26-20-10-9-17(32(29,30)25(2)3)13-19(20)24-22(26)18(23)12-15-5-7-16(8-6-15)31-14-21(27)28/h5-10,12-13H,4,11,14H2,1-3H3,(H,27,28). The molecule has 0 unspecified atom stereocenters. The molecule has 0 aliphatic carbocycles. The van der Waals surface area contributed by atoms with Gasteiger partial charge in [-0.3, -0.25) is 0 Å². The van der Waals surface area contributed by atoms with Gasteiger partial charge in [-0.05, 0) is 48.4 Å². The van der Waals surface area contributed by atoms with Crippen molar-refractivity contribution in [1.29, 1.82) is 0 Å². The summed E-state index contributed by atoms with van der Waals surface area (Å²) in [5, 5.41) is 9.09. The summed E-state index contributed by atoms with van der Waals surface area (Å²) in [5.74, 6) is -0.0731. The van der Waals surface area contributed by atoms with Crippen LogP contribution in [0.3, 0.4) is 0 Å². The van der Waals surface area contributed by atoms with Crippen molar-refractivity contribution in [2.75, 3.05) is 20.7 Å². The number of nitrogens with zero attached hydrogens (tertiary/aromatic N) is 3. The summed E-state index contributed by atoms with van der Waals surface area (Å²) in [6, 6.07) is 11.7. The fraction of sp³-hybridized carbons (Fsp3) is 0.273. The molecule has 0 fully saturated rings. The van der Waals surface area contributed by atoms with Crippen molar-refractivity contribution in [2.24, 2.45) is 0 Å². The van der Waals surface area contributed by atoms with Gasteiger partial charge in [-0.1, -0.05) is 30.7 Å². The molecule has 0 saturated carbocycles.